The fourth-order valence-corrected chi connectivity index (χ4v) is 2.22. The SMILES string of the molecule is Cc1cc(-c2ccc(Cl)cc2)n(-c2ccccc2)n1. The lowest BCUT2D eigenvalue weighted by Crippen LogP contribution is -1.98. The number of hydrogen-bond donors (Lipinski definition) is 0. The zero-order valence-corrected chi connectivity index (χ0v) is 11.3. The lowest BCUT2D eigenvalue weighted by atomic mass is 10.1. The number of para-hydroxylation sites is 1. The molecule has 3 aromatic rings. The lowest BCUT2D eigenvalue weighted by molar-refractivity contribution is 0.869. The normalized spacial score (nSPS) is 10.6. The van der Waals surface area contributed by atoms with Gasteiger partial charge in [0, 0.05) is 10.6 Å². The fourth-order valence-electron chi connectivity index (χ4n) is 2.09. The van der Waals surface area contributed by atoms with E-state index >= 15 is 0 Å². The number of halogens is 1. The van der Waals surface area contributed by atoms with Crippen LogP contribution in [0.4, 0.5) is 0 Å². The molecule has 0 fully saturated rings. The van der Waals surface area contributed by atoms with Crippen LogP contribution < -0.4 is 0 Å². The molecular formula is C16H13ClN2. The van der Waals surface area contributed by atoms with Gasteiger partial charge in [0.05, 0.1) is 17.1 Å². The molecule has 2 nitrogen and oxygen atoms in total. The molecule has 19 heavy (non-hydrogen) atoms. The van der Waals surface area contributed by atoms with Gasteiger partial charge in [0.1, 0.15) is 0 Å². The number of aromatic nitrogens is 2. The smallest absolute Gasteiger partial charge is 0.0743 e. The first-order chi connectivity index (χ1) is 9.24. The van der Waals surface area contributed by atoms with Crippen LogP contribution in [0.3, 0.4) is 0 Å². The molecule has 0 saturated heterocycles. The Kier molecular flexibility index (Phi) is 3.10. The third kappa shape index (κ3) is 2.40. The predicted molar refractivity (Wildman–Crippen MR) is 78.7 cm³/mol. The Labute approximate surface area is 117 Å². The van der Waals surface area contributed by atoms with E-state index in [1.165, 1.54) is 0 Å². The van der Waals surface area contributed by atoms with Crippen molar-refractivity contribution in [1.29, 1.82) is 0 Å². The third-order valence-electron chi connectivity index (χ3n) is 2.97. The van der Waals surface area contributed by atoms with Gasteiger partial charge in [-0.05, 0) is 37.3 Å². The van der Waals surface area contributed by atoms with Gasteiger partial charge in [-0.1, -0.05) is 41.9 Å². The summed E-state index contributed by atoms with van der Waals surface area (Å²) in [7, 11) is 0. The van der Waals surface area contributed by atoms with Crippen molar-refractivity contribution in [1.82, 2.24) is 9.78 Å². The summed E-state index contributed by atoms with van der Waals surface area (Å²) in [5.41, 5.74) is 4.23. The number of nitrogens with zero attached hydrogens (tertiary/aromatic N) is 2. The van der Waals surface area contributed by atoms with E-state index in [0.717, 1.165) is 27.7 Å². The molecule has 0 unspecified atom stereocenters. The van der Waals surface area contributed by atoms with Gasteiger partial charge < -0.3 is 0 Å². The molecule has 0 aliphatic heterocycles. The average molecular weight is 269 g/mol. The number of benzene rings is 2. The maximum atomic E-state index is 5.94. The lowest BCUT2D eigenvalue weighted by Gasteiger charge is -2.07. The molecule has 0 bridgehead atoms. The van der Waals surface area contributed by atoms with Crippen LogP contribution in [0.25, 0.3) is 16.9 Å². The molecule has 3 heteroatoms. The van der Waals surface area contributed by atoms with Crippen LogP contribution in [-0.4, -0.2) is 9.78 Å². The molecule has 0 radical (unpaired) electrons. The fraction of sp³-hybridized carbons (Fsp3) is 0.0625. The van der Waals surface area contributed by atoms with Crippen molar-refractivity contribution in [3.05, 3.63) is 71.4 Å². The molecule has 2 aromatic carbocycles. The first kappa shape index (κ1) is 12.0. The van der Waals surface area contributed by atoms with Crippen molar-refractivity contribution < 1.29 is 0 Å². The van der Waals surface area contributed by atoms with E-state index in [-0.39, 0.29) is 0 Å². The largest absolute Gasteiger partial charge is 0.233 e. The third-order valence-corrected chi connectivity index (χ3v) is 3.22. The zero-order chi connectivity index (χ0) is 13.2. The summed E-state index contributed by atoms with van der Waals surface area (Å²) in [6, 6.07) is 20.0. The zero-order valence-electron chi connectivity index (χ0n) is 10.5. The van der Waals surface area contributed by atoms with Crippen LogP contribution in [-0.2, 0) is 0 Å². The van der Waals surface area contributed by atoms with E-state index in [2.05, 4.69) is 11.2 Å². The van der Waals surface area contributed by atoms with Crippen molar-refractivity contribution >= 4 is 11.6 Å². The van der Waals surface area contributed by atoms with Crippen LogP contribution in [0.15, 0.2) is 60.7 Å². The van der Waals surface area contributed by atoms with Gasteiger partial charge in [0.2, 0.25) is 0 Å². The van der Waals surface area contributed by atoms with Crippen molar-refractivity contribution in [3.63, 3.8) is 0 Å². The van der Waals surface area contributed by atoms with Crippen molar-refractivity contribution in [2.75, 3.05) is 0 Å². The quantitative estimate of drug-likeness (QED) is 0.669. The van der Waals surface area contributed by atoms with Gasteiger partial charge in [0.25, 0.3) is 0 Å². The molecule has 0 amide bonds. The summed E-state index contributed by atoms with van der Waals surface area (Å²) in [5, 5.41) is 5.31. The molecule has 0 atom stereocenters. The minimum atomic E-state index is 0.742. The Morgan fingerprint density at radius 1 is 0.947 bits per heavy atom. The second-order valence-corrected chi connectivity index (χ2v) is 4.86. The van der Waals surface area contributed by atoms with Crippen molar-refractivity contribution in [2.45, 2.75) is 6.92 Å². The van der Waals surface area contributed by atoms with Crippen LogP contribution in [0.2, 0.25) is 5.02 Å². The van der Waals surface area contributed by atoms with Gasteiger partial charge in [-0.15, -0.1) is 0 Å². The Morgan fingerprint density at radius 2 is 1.63 bits per heavy atom. The number of hydrogen-bond acceptors (Lipinski definition) is 1. The van der Waals surface area contributed by atoms with Crippen LogP contribution in [0.5, 0.6) is 0 Å². The molecule has 0 saturated carbocycles. The van der Waals surface area contributed by atoms with Crippen molar-refractivity contribution in [2.24, 2.45) is 0 Å². The molecule has 1 heterocycles. The molecule has 0 aliphatic carbocycles. The summed E-state index contributed by atoms with van der Waals surface area (Å²) >= 11 is 5.94. The summed E-state index contributed by atoms with van der Waals surface area (Å²) < 4.78 is 1.96. The van der Waals surface area contributed by atoms with Gasteiger partial charge >= 0.3 is 0 Å². The number of rotatable bonds is 2. The van der Waals surface area contributed by atoms with Gasteiger partial charge in [-0.2, -0.15) is 5.10 Å². The molecule has 0 aliphatic rings. The topological polar surface area (TPSA) is 17.8 Å². The molecular weight excluding hydrogens is 256 g/mol. The van der Waals surface area contributed by atoms with E-state index < -0.39 is 0 Å². The average Bonchev–Trinajstić information content (AvgIpc) is 2.83. The maximum absolute atomic E-state index is 5.94. The molecule has 3 rings (SSSR count). The summed E-state index contributed by atoms with van der Waals surface area (Å²) in [6.45, 7) is 2.00. The van der Waals surface area contributed by atoms with Gasteiger partial charge in [-0.25, -0.2) is 4.68 Å². The molecule has 0 spiro atoms. The summed E-state index contributed by atoms with van der Waals surface area (Å²) in [5.74, 6) is 0. The highest BCUT2D eigenvalue weighted by Crippen LogP contribution is 2.25. The van der Waals surface area contributed by atoms with Crippen LogP contribution >= 0.6 is 11.6 Å². The standard InChI is InChI=1S/C16H13ClN2/c1-12-11-16(13-7-9-14(17)10-8-13)19(18-12)15-5-3-2-4-6-15/h2-11H,1H3. The Morgan fingerprint density at radius 3 is 2.32 bits per heavy atom. The van der Waals surface area contributed by atoms with E-state index in [0.29, 0.717) is 0 Å². The summed E-state index contributed by atoms with van der Waals surface area (Å²) in [6.07, 6.45) is 0. The monoisotopic (exact) mass is 268 g/mol. The number of aryl methyl sites for hydroxylation is 1. The molecule has 94 valence electrons. The van der Waals surface area contributed by atoms with Crippen LogP contribution in [0.1, 0.15) is 5.69 Å². The highest BCUT2D eigenvalue weighted by molar-refractivity contribution is 6.30. The minimum absolute atomic E-state index is 0.742. The Bertz CT molecular complexity index is 685. The Hall–Kier alpha value is -2.06. The summed E-state index contributed by atoms with van der Waals surface area (Å²) in [4.78, 5) is 0. The molecule has 0 N–H and O–H groups in total. The van der Waals surface area contributed by atoms with E-state index in [1.807, 2.05) is 66.2 Å². The highest BCUT2D eigenvalue weighted by Gasteiger charge is 2.09. The highest BCUT2D eigenvalue weighted by atomic mass is 35.5. The van der Waals surface area contributed by atoms with Crippen molar-refractivity contribution in [3.8, 4) is 16.9 Å². The first-order valence-corrected chi connectivity index (χ1v) is 6.50. The molecule has 1 aromatic heterocycles. The maximum Gasteiger partial charge on any atom is 0.0743 e. The van der Waals surface area contributed by atoms with E-state index in [9.17, 15) is 0 Å². The van der Waals surface area contributed by atoms with Gasteiger partial charge in [-0.3, -0.25) is 0 Å². The predicted octanol–water partition coefficient (Wildman–Crippen LogP) is 4.50. The Balaban J connectivity index is 2.15. The second kappa shape index (κ2) is 4.90. The van der Waals surface area contributed by atoms with E-state index in [1.54, 1.807) is 0 Å². The second-order valence-electron chi connectivity index (χ2n) is 4.43. The van der Waals surface area contributed by atoms with Crippen LogP contribution in [0, 0.1) is 6.92 Å². The first-order valence-electron chi connectivity index (χ1n) is 6.12. The van der Waals surface area contributed by atoms with Gasteiger partial charge in [0.15, 0.2) is 0 Å². The van der Waals surface area contributed by atoms with E-state index in [4.69, 9.17) is 11.6 Å². The minimum Gasteiger partial charge on any atom is -0.233 e.